The summed E-state index contributed by atoms with van der Waals surface area (Å²) in [6.07, 6.45) is 4.87. The molecule has 3 rings (SSSR count). The van der Waals surface area contributed by atoms with Crippen molar-refractivity contribution in [3.05, 3.63) is 24.3 Å². The van der Waals surface area contributed by atoms with Crippen LogP contribution in [0.1, 0.15) is 39.0 Å². The number of sulfonamides is 1. The lowest BCUT2D eigenvalue weighted by Crippen LogP contribution is -2.53. The van der Waals surface area contributed by atoms with Crippen molar-refractivity contribution < 1.29 is 17.9 Å². The number of rotatable bonds is 5. The van der Waals surface area contributed by atoms with Gasteiger partial charge in [0.25, 0.3) is 0 Å². The summed E-state index contributed by atoms with van der Waals surface area (Å²) in [7, 11) is -1.94. The number of ether oxygens (including phenoxy) is 1. The van der Waals surface area contributed by atoms with Crippen LogP contribution in [0.15, 0.2) is 29.2 Å². The van der Waals surface area contributed by atoms with Gasteiger partial charge in [-0.05, 0) is 38.0 Å². The number of hydrogen-bond donors (Lipinski definition) is 2. The normalized spacial score (nSPS) is 24.7. The monoisotopic (exact) mass is 395 g/mol. The fraction of sp³-hybridized carbons (Fsp3) is 0.632. The zero-order valence-corrected chi connectivity index (χ0v) is 16.8. The van der Waals surface area contributed by atoms with Gasteiger partial charge in [0.1, 0.15) is 6.04 Å². The predicted molar refractivity (Wildman–Crippen MR) is 104 cm³/mol. The van der Waals surface area contributed by atoms with E-state index in [2.05, 4.69) is 10.6 Å². The van der Waals surface area contributed by atoms with Gasteiger partial charge in [-0.3, -0.25) is 4.79 Å². The molecule has 150 valence electrons. The summed E-state index contributed by atoms with van der Waals surface area (Å²) in [6.45, 7) is 3.03. The van der Waals surface area contributed by atoms with Crippen molar-refractivity contribution in [2.75, 3.05) is 25.5 Å². The van der Waals surface area contributed by atoms with Gasteiger partial charge in [-0.1, -0.05) is 25.3 Å². The molecular formula is C19H29N3O4S. The minimum atomic E-state index is -3.59. The minimum absolute atomic E-state index is 0.0476. The zero-order valence-electron chi connectivity index (χ0n) is 16.0. The highest BCUT2D eigenvalue weighted by Gasteiger charge is 2.30. The Morgan fingerprint density at radius 3 is 2.70 bits per heavy atom. The molecule has 0 spiro atoms. The quantitative estimate of drug-likeness (QED) is 0.796. The maximum absolute atomic E-state index is 13.0. The highest BCUT2D eigenvalue weighted by atomic mass is 32.2. The summed E-state index contributed by atoms with van der Waals surface area (Å²) in [5.74, 6) is -0.225. The maximum Gasteiger partial charge on any atom is 0.244 e. The molecule has 1 aliphatic carbocycles. The van der Waals surface area contributed by atoms with Crippen molar-refractivity contribution in [1.29, 1.82) is 0 Å². The number of nitrogens with one attached hydrogen (secondary N) is 2. The molecule has 1 aromatic rings. The number of benzene rings is 1. The summed E-state index contributed by atoms with van der Waals surface area (Å²) in [4.78, 5) is 12.7. The van der Waals surface area contributed by atoms with Crippen LogP contribution in [0.5, 0.6) is 0 Å². The van der Waals surface area contributed by atoms with Crippen LogP contribution in [-0.2, 0) is 19.6 Å². The lowest BCUT2D eigenvalue weighted by molar-refractivity contribution is -0.123. The first-order valence-corrected chi connectivity index (χ1v) is 11.1. The molecule has 1 heterocycles. The molecule has 1 aromatic carbocycles. The molecule has 0 unspecified atom stereocenters. The molecule has 2 aliphatic rings. The first kappa shape index (κ1) is 20.3. The molecule has 2 N–H and O–H groups in total. The number of amides is 1. The third-order valence-corrected chi connectivity index (χ3v) is 7.37. The topological polar surface area (TPSA) is 87.7 Å². The summed E-state index contributed by atoms with van der Waals surface area (Å²) < 4.78 is 33.0. The number of nitrogens with zero attached hydrogens (tertiary/aromatic N) is 1. The molecule has 0 radical (unpaired) electrons. The lowest BCUT2D eigenvalue weighted by Gasteiger charge is -2.30. The van der Waals surface area contributed by atoms with Crippen molar-refractivity contribution in [1.82, 2.24) is 9.62 Å². The second-order valence-corrected chi connectivity index (χ2v) is 9.34. The number of morpholine rings is 1. The Labute approximate surface area is 161 Å². The van der Waals surface area contributed by atoms with Crippen molar-refractivity contribution in [3.8, 4) is 0 Å². The Kier molecular flexibility index (Phi) is 6.52. The molecule has 7 nitrogen and oxygen atoms in total. The van der Waals surface area contributed by atoms with Crippen LogP contribution in [0.25, 0.3) is 0 Å². The average molecular weight is 396 g/mol. The first-order valence-electron chi connectivity index (χ1n) is 9.63. The lowest BCUT2D eigenvalue weighted by atomic mass is 9.96. The summed E-state index contributed by atoms with van der Waals surface area (Å²) in [5.41, 5.74) is 0.470. The third kappa shape index (κ3) is 4.68. The van der Waals surface area contributed by atoms with Gasteiger partial charge in [0, 0.05) is 25.3 Å². The van der Waals surface area contributed by atoms with E-state index in [9.17, 15) is 13.2 Å². The molecule has 1 amide bonds. The van der Waals surface area contributed by atoms with E-state index >= 15 is 0 Å². The van der Waals surface area contributed by atoms with Gasteiger partial charge in [-0.2, -0.15) is 4.31 Å². The van der Waals surface area contributed by atoms with Crippen LogP contribution >= 0.6 is 0 Å². The van der Waals surface area contributed by atoms with Crippen molar-refractivity contribution in [2.45, 2.75) is 62.1 Å². The summed E-state index contributed by atoms with van der Waals surface area (Å²) >= 11 is 0. The Morgan fingerprint density at radius 2 is 2.00 bits per heavy atom. The Morgan fingerprint density at radius 1 is 1.26 bits per heavy atom. The van der Waals surface area contributed by atoms with Crippen LogP contribution in [0.2, 0.25) is 0 Å². The van der Waals surface area contributed by atoms with E-state index < -0.39 is 16.1 Å². The molecule has 2 fully saturated rings. The van der Waals surface area contributed by atoms with Gasteiger partial charge in [-0.15, -0.1) is 0 Å². The van der Waals surface area contributed by atoms with Crippen molar-refractivity contribution in [3.63, 3.8) is 0 Å². The standard InChI is InChI=1S/C19H29N3O4S/c1-14-18(20-11-12-26-14)19(23)21-15-7-6-10-17(13-15)27(24,25)22(2)16-8-4-3-5-9-16/h6-7,10,13-14,16,18,20H,3-5,8-9,11-12H2,1-2H3,(H,21,23)/t14-,18+/m1/s1. The van der Waals surface area contributed by atoms with Crippen LogP contribution in [0.4, 0.5) is 5.69 Å². The van der Waals surface area contributed by atoms with E-state index in [-0.39, 0.29) is 22.9 Å². The smallest absolute Gasteiger partial charge is 0.244 e. The highest BCUT2D eigenvalue weighted by Crippen LogP contribution is 2.27. The summed E-state index contributed by atoms with van der Waals surface area (Å²) in [6, 6.07) is 6.06. The fourth-order valence-corrected chi connectivity index (χ4v) is 5.25. The molecule has 1 saturated heterocycles. The van der Waals surface area contributed by atoms with Crippen LogP contribution in [0, 0.1) is 0 Å². The molecule has 1 saturated carbocycles. The Hall–Kier alpha value is -1.48. The van der Waals surface area contributed by atoms with Gasteiger partial charge < -0.3 is 15.4 Å². The van der Waals surface area contributed by atoms with Crippen LogP contribution in [-0.4, -0.2) is 57.0 Å². The fourth-order valence-electron chi connectivity index (χ4n) is 3.79. The van der Waals surface area contributed by atoms with E-state index in [0.717, 1.165) is 25.7 Å². The molecule has 2 atom stereocenters. The maximum atomic E-state index is 13.0. The summed E-state index contributed by atoms with van der Waals surface area (Å²) in [5, 5.41) is 5.94. The van der Waals surface area contributed by atoms with Gasteiger partial charge in [0.05, 0.1) is 17.6 Å². The van der Waals surface area contributed by atoms with Crippen LogP contribution in [0.3, 0.4) is 0 Å². The molecular weight excluding hydrogens is 366 g/mol. The second kappa shape index (κ2) is 8.68. The molecule has 8 heteroatoms. The predicted octanol–water partition coefficient (Wildman–Crippen LogP) is 1.96. The average Bonchev–Trinajstić information content (AvgIpc) is 2.68. The zero-order chi connectivity index (χ0) is 19.4. The minimum Gasteiger partial charge on any atom is -0.375 e. The second-order valence-electron chi connectivity index (χ2n) is 7.34. The number of hydrogen-bond acceptors (Lipinski definition) is 5. The van der Waals surface area contributed by atoms with Gasteiger partial charge in [0.15, 0.2) is 0 Å². The van der Waals surface area contributed by atoms with E-state index in [0.29, 0.717) is 18.8 Å². The van der Waals surface area contributed by atoms with E-state index in [1.807, 2.05) is 6.92 Å². The largest absolute Gasteiger partial charge is 0.375 e. The SMILES string of the molecule is C[C@H]1OCCN[C@@H]1C(=O)Nc1cccc(S(=O)(=O)N(C)C2CCCCC2)c1. The van der Waals surface area contributed by atoms with Gasteiger partial charge in [-0.25, -0.2) is 8.42 Å². The van der Waals surface area contributed by atoms with E-state index in [4.69, 9.17) is 4.74 Å². The van der Waals surface area contributed by atoms with Crippen LogP contribution < -0.4 is 10.6 Å². The van der Waals surface area contributed by atoms with Crippen molar-refractivity contribution in [2.24, 2.45) is 0 Å². The Balaban J connectivity index is 1.73. The molecule has 0 bridgehead atoms. The number of carbonyl (C=O) groups excluding carboxylic acids is 1. The van der Waals surface area contributed by atoms with Gasteiger partial charge >= 0.3 is 0 Å². The Bertz CT molecular complexity index is 762. The molecule has 1 aliphatic heterocycles. The van der Waals surface area contributed by atoms with E-state index in [1.54, 1.807) is 25.2 Å². The first-order chi connectivity index (χ1) is 12.9. The number of carbonyl (C=O) groups is 1. The molecule has 27 heavy (non-hydrogen) atoms. The van der Waals surface area contributed by atoms with E-state index in [1.165, 1.54) is 16.8 Å². The van der Waals surface area contributed by atoms with Gasteiger partial charge in [0.2, 0.25) is 15.9 Å². The third-order valence-electron chi connectivity index (χ3n) is 5.47. The number of anilines is 1. The highest BCUT2D eigenvalue weighted by molar-refractivity contribution is 7.89. The molecule has 0 aromatic heterocycles. The van der Waals surface area contributed by atoms with Crippen molar-refractivity contribution >= 4 is 21.6 Å².